The first-order valence-corrected chi connectivity index (χ1v) is 4.26. The van der Waals surface area contributed by atoms with Gasteiger partial charge in [-0.3, -0.25) is 0 Å². The summed E-state index contributed by atoms with van der Waals surface area (Å²) in [7, 11) is 0. The third-order valence-electron chi connectivity index (χ3n) is 2.16. The highest BCUT2D eigenvalue weighted by Gasteiger charge is 2.09. The number of nitrogens with one attached hydrogen (secondary N) is 1. The Kier molecular flexibility index (Phi) is 1.98. The van der Waals surface area contributed by atoms with Gasteiger partial charge >= 0.3 is 5.97 Å². The average Bonchev–Trinajstić information content (AvgIpc) is 2.59. The largest absolute Gasteiger partial charge is 0.478 e. The van der Waals surface area contributed by atoms with Crippen molar-refractivity contribution in [1.29, 1.82) is 0 Å². The van der Waals surface area contributed by atoms with Crippen LogP contribution in [0, 0.1) is 0 Å². The molecule has 0 aliphatic heterocycles. The molecule has 1 aromatic carbocycles. The molecule has 72 valence electrons. The van der Waals surface area contributed by atoms with E-state index < -0.39 is 5.97 Å². The van der Waals surface area contributed by atoms with Gasteiger partial charge < -0.3 is 15.8 Å². The lowest BCUT2D eigenvalue weighted by molar-refractivity contribution is 0.0699. The molecule has 0 atom stereocenters. The van der Waals surface area contributed by atoms with Gasteiger partial charge in [0.1, 0.15) is 0 Å². The van der Waals surface area contributed by atoms with Crippen molar-refractivity contribution < 1.29 is 9.90 Å². The SMILES string of the molecule is NCc1cc2cccc(C(=O)O)c2[nH]1. The number of fused-ring (bicyclic) bond motifs is 1. The van der Waals surface area contributed by atoms with Crippen molar-refractivity contribution in [3.8, 4) is 0 Å². The van der Waals surface area contributed by atoms with Crippen molar-refractivity contribution in [3.63, 3.8) is 0 Å². The van der Waals surface area contributed by atoms with E-state index in [-0.39, 0.29) is 5.56 Å². The molecule has 2 aromatic rings. The van der Waals surface area contributed by atoms with Gasteiger partial charge in [0.2, 0.25) is 0 Å². The number of H-pyrrole nitrogens is 1. The van der Waals surface area contributed by atoms with Crippen LogP contribution in [0.5, 0.6) is 0 Å². The van der Waals surface area contributed by atoms with E-state index in [1.807, 2.05) is 12.1 Å². The van der Waals surface area contributed by atoms with Gasteiger partial charge in [0.25, 0.3) is 0 Å². The predicted octanol–water partition coefficient (Wildman–Crippen LogP) is 1.32. The lowest BCUT2D eigenvalue weighted by Gasteiger charge is -1.95. The van der Waals surface area contributed by atoms with Crippen molar-refractivity contribution in [2.24, 2.45) is 5.73 Å². The van der Waals surface area contributed by atoms with Crippen molar-refractivity contribution in [3.05, 3.63) is 35.5 Å². The number of hydrogen-bond acceptors (Lipinski definition) is 2. The Labute approximate surface area is 80.3 Å². The minimum atomic E-state index is -0.930. The Balaban J connectivity index is 2.73. The van der Waals surface area contributed by atoms with Gasteiger partial charge in [-0.25, -0.2) is 4.79 Å². The molecule has 4 N–H and O–H groups in total. The fraction of sp³-hybridized carbons (Fsp3) is 0.100. The number of carboxylic acid groups (broad SMARTS) is 1. The highest BCUT2D eigenvalue weighted by atomic mass is 16.4. The van der Waals surface area contributed by atoms with E-state index in [1.165, 1.54) is 0 Å². The Bertz CT molecular complexity index is 488. The molecule has 14 heavy (non-hydrogen) atoms. The molecular weight excluding hydrogens is 180 g/mol. The standard InChI is InChI=1S/C10H10N2O2/c11-5-7-4-6-2-1-3-8(10(13)14)9(6)12-7/h1-4,12H,5,11H2,(H,13,14). The monoisotopic (exact) mass is 190 g/mol. The number of aromatic amines is 1. The summed E-state index contributed by atoms with van der Waals surface area (Å²) in [5.41, 5.74) is 7.22. The molecule has 4 nitrogen and oxygen atoms in total. The van der Waals surface area contributed by atoms with Crippen LogP contribution in [0.3, 0.4) is 0 Å². The van der Waals surface area contributed by atoms with E-state index in [9.17, 15) is 4.79 Å². The van der Waals surface area contributed by atoms with Crippen LogP contribution in [-0.4, -0.2) is 16.1 Å². The molecule has 0 spiro atoms. The minimum Gasteiger partial charge on any atom is -0.478 e. The van der Waals surface area contributed by atoms with E-state index in [1.54, 1.807) is 12.1 Å². The van der Waals surface area contributed by atoms with E-state index in [0.29, 0.717) is 12.1 Å². The summed E-state index contributed by atoms with van der Waals surface area (Å²) in [4.78, 5) is 13.9. The molecule has 0 bridgehead atoms. The normalized spacial score (nSPS) is 10.6. The van der Waals surface area contributed by atoms with Gasteiger partial charge in [0, 0.05) is 17.6 Å². The van der Waals surface area contributed by atoms with Crippen LogP contribution < -0.4 is 5.73 Å². The number of para-hydroxylation sites is 1. The zero-order chi connectivity index (χ0) is 10.1. The molecule has 0 radical (unpaired) electrons. The zero-order valence-electron chi connectivity index (χ0n) is 7.45. The summed E-state index contributed by atoms with van der Waals surface area (Å²) in [5.74, 6) is -0.930. The van der Waals surface area contributed by atoms with Crippen LogP contribution in [0.1, 0.15) is 16.1 Å². The van der Waals surface area contributed by atoms with Crippen LogP contribution >= 0.6 is 0 Å². The first-order valence-electron chi connectivity index (χ1n) is 4.26. The second-order valence-electron chi connectivity index (χ2n) is 3.07. The van der Waals surface area contributed by atoms with E-state index >= 15 is 0 Å². The van der Waals surface area contributed by atoms with Gasteiger partial charge in [0.05, 0.1) is 11.1 Å². The van der Waals surface area contributed by atoms with Crippen molar-refractivity contribution >= 4 is 16.9 Å². The molecule has 0 aliphatic carbocycles. The molecule has 1 heterocycles. The number of aromatic carboxylic acids is 1. The summed E-state index contributed by atoms with van der Waals surface area (Å²) in [6.45, 7) is 0.383. The van der Waals surface area contributed by atoms with Gasteiger partial charge in [0.15, 0.2) is 0 Å². The molecule has 0 saturated carbocycles. The maximum absolute atomic E-state index is 10.9. The van der Waals surface area contributed by atoms with Crippen LogP contribution in [0.2, 0.25) is 0 Å². The topological polar surface area (TPSA) is 79.1 Å². The second-order valence-corrected chi connectivity index (χ2v) is 3.07. The van der Waals surface area contributed by atoms with Crippen molar-refractivity contribution in [2.75, 3.05) is 0 Å². The molecular formula is C10H10N2O2. The lowest BCUT2D eigenvalue weighted by Crippen LogP contribution is -1.98. The Morgan fingerprint density at radius 3 is 2.93 bits per heavy atom. The van der Waals surface area contributed by atoms with Crippen LogP contribution in [0.25, 0.3) is 10.9 Å². The lowest BCUT2D eigenvalue weighted by atomic mass is 10.1. The van der Waals surface area contributed by atoms with Crippen molar-refractivity contribution in [2.45, 2.75) is 6.54 Å². The van der Waals surface area contributed by atoms with Crippen LogP contribution in [-0.2, 0) is 6.54 Å². The van der Waals surface area contributed by atoms with Gasteiger partial charge in [-0.2, -0.15) is 0 Å². The molecule has 0 amide bonds. The summed E-state index contributed by atoms with van der Waals surface area (Å²) in [6, 6.07) is 7.01. The minimum absolute atomic E-state index is 0.280. The average molecular weight is 190 g/mol. The quantitative estimate of drug-likeness (QED) is 0.668. The molecule has 4 heteroatoms. The molecule has 0 saturated heterocycles. The molecule has 0 fully saturated rings. The highest BCUT2D eigenvalue weighted by molar-refractivity contribution is 6.02. The molecule has 0 aliphatic rings. The van der Waals surface area contributed by atoms with Crippen LogP contribution in [0.15, 0.2) is 24.3 Å². The predicted molar refractivity (Wildman–Crippen MR) is 53.1 cm³/mol. The highest BCUT2D eigenvalue weighted by Crippen LogP contribution is 2.19. The summed E-state index contributed by atoms with van der Waals surface area (Å²) in [6.07, 6.45) is 0. The van der Waals surface area contributed by atoms with Gasteiger partial charge in [-0.15, -0.1) is 0 Å². The van der Waals surface area contributed by atoms with E-state index in [4.69, 9.17) is 10.8 Å². The third kappa shape index (κ3) is 1.25. The molecule has 1 aromatic heterocycles. The second kappa shape index (κ2) is 3.16. The molecule has 2 rings (SSSR count). The first kappa shape index (κ1) is 8.77. The van der Waals surface area contributed by atoms with Gasteiger partial charge in [-0.05, 0) is 12.1 Å². The Morgan fingerprint density at radius 1 is 1.50 bits per heavy atom. The maximum atomic E-state index is 10.9. The fourth-order valence-electron chi connectivity index (χ4n) is 1.50. The number of hydrogen-bond donors (Lipinski definition) is 3. The Morgan fingerprint density at radius 2 is 2.29 bits per heavy atom. The number of rotatable bonds is 2. The van der Waals surface area contributed by atoms with Gasteiger partial charge in [-0.1, -0.05) is 12.1 Å². The van der Waals surface area contributed by atoms with Crippen LogP contribution in [0.4, 0.5) is 0 Å². The third-order valence-corrected chi connectivity index (χ3v) is 2.16. The fourth-order valence-corrected chi connectivity index (χ4v) is 1.50. The number of carboxylic acids is 1. The van der Waals surface area contributed by atoms with E-state index in [2.05, 4.69) is 4.98 Å². The number of nitrogens with two attached hydrogens (primary N) is 1. The number of carbonyl (C=O) groups is 1. The maximum Gasteiger partial charge on any atom is 0.337 e. The molecule has 0 unspecified atom stereocenters. The van der Waals surface area contributed by atoms with E-state index in [0.717, 1.165) is 11.1 Å². The number of benzene rings is 1. The summed E-state index contributed by atoms with van der Waals surface area (Å²) >= 11 is 0. The smallest absolute Gasteiger partial charge is 0.337 e. The first-order chi connectivity index (χ1) is 6.72. The number of aromatic nitrogens is 1. The summed E-state index contributed by atoms with van der Waals surface area (Å²) in [5, 5.41) is 9.79. The zero-order valence-corrected chi connectivity index (χ0v) is 7.45. The van der Waals surface area contributed by atoms with Crippen molar-refractivity contribution in [1.82, 2.24) is 4.98 Å². The summed E-state index contributed by atoms with van der Waals surface area (Å²) < 4.78 is 0. The Hall–Kier alpha value is -1.81.